The number of ether oxygens (including phenoxy) is 4. The summed E-state index contributed by atoms with van der Waals surface area (Å²) in [5, 5.41) is 10.6. The van der Waals surface area contributed by atoms with Crippen LogP contribution in [0.4, 0.5) is 0 Å². The van der Waals surface area contributed by atoms with Crippen molar-refractivity contribution in [1.82, 2.24) is 0 Å². The Kier molecular flexibility index (Phi) is 68.3. The number of aliphatic hydroxyl groups is 1. The highest BCUT2D eigenvalue weighted by Crippen LogP contribution is 2.45. The molecule has 0 heterocycles. The van der Waals surface area contributed by atoms with E-state index in [0.717, 1.165) is 141 Å². The Morgan fingerprint density at radius 1 is 0.292 bits per heavy atom. The molecule has 2 unspecified atom stereocenters. The number of hydrogen-bond donors (Lipinski definition) is 3. The molecule has 0 rings (SSSR count). The first kappa shape index (κ1) is 93.0. The maximum absolute atomic E-state index is 13.1. The predicted octanol–water partition coefficient (Wildman–Crippen LogP) is 22.1. The molecular formula is C77H142O17P2. The average Bonchev–Trinajstić information content (AvgIpc) is 1.14. The lowest BCUT2D eigenvalue weighted by Crippen LogP contribution is -2.30. The second-order valence-electron chi connectivity index (χ2n) is 26.3. The molecule has 3 N–H and O–H groups in total. The molecule has 19 heteroatoms. The number of rotatable bonds is 74. The number of hydrogen-bond acceptors (Lipinski definition) is 15. The quantitative estimate of drug-likeness (QED) is 0.0128. The van der Waals surface area contributed by atoms with Crippen molar-refractivity contribution >= 4 is 39.5 Å². The summed E-state index contributed by atoms with van der Waals surface area (Å²) >= 11 is 0. The maximum atomic E-state index is 13.1. The fraction of sp³-hybridized carbons (Fsp3) is 0.844. The lowest BCUT2D eigenvalue weighted by atomic mass is 10.0. The minimum atomic E-state index is -4.97. The third kappa shape index (κ3) is 69.5. The monoisotopic (exact) mass is 1400 g/mol. The van der Waals surface area contributed by atoms with Crippen LogP contribution in [0.25, 0.3) is 0 Å². The van der Waals surface area contributed by atoms with E-state index < -0.39 is 97.5 Å². The number of esters is 4. The average molecular weight is 1400 g/mol. The first-order chi connectivity index (χ1) is 46.7. The van der Waals surface area contributed by atoms with Crippen LogP contribution >= 0.6 is 15.6 Å². The van der Waals surface area contributed by atoms with Crippen LogP contribution in [0.3, 0.4) is 0 Å². The van der Waals surface area contributed by atoms with Gasteiger partial charge in [-0.2, -0.15) is 0 Å². The Hall–Kier alpha value is -2.98. The van der Waals surface area contributed by atoms with Crippen LogP contribution < -0.4 is 0 Å². The molecule has 0 saturated carbocycles. The molecule has 17 nitrogen and oxygen atoms in total. The van der Waals surface area contributed by atoms with Crippen LogP contribution in [-0.4, -0.2) is 96.7 Å². The fourth-order valence-electron chi connectivity index (χ4n) is 10.8. The molecule has 5 atom stereocenters. The van der Waals surface area contributed by atoms with Crippen molar-refractivity contribution in [3.05, 3.63) is 48.6 Å². The summed E-state index contributed by atoms with van der Waals surface area (Å²) in [5.41, 5.74) is 0. The van der Waals surface area contributed by atoms with E-state index in [-0.39, 0.29) is 25.7 Å². The Morgan fingerprint density at radius 3 is 0.792 bits per heavy atom. The van der Waals surface area contributed by atoms with Crippen molar-refractivity contribution in [3.8, 4) is 0 Å². The van der Waals surface area contributed by atoms with Crippen LogP contribution in [0.2, 0.25) is 0 Å². The molecule has 0 bridgehead atoms. The standard InChI is InChI=1S/C77H142O17P2/c1-5-9-13-17-21-25-29-33-35-39-41-45-49-53-57-61-74(79)87-67-72(93-76(81)63-59-55-51-47-43-37-31-27-23-19-15-11-7-3)69-91-95(83,84)89-65-71(78)66-90-96(85,86)92-70-73(94-77(82)64-60-56-52-48-44-38-32-28-24-20-16-12-8-4)68-88-75(80)62-58-54-50-46-42-40-36-34-30-26-22-18-14-10-6-2/h25,28-29,32-36,71-73,78H,5-24,26-27,30-31,37-70H2,1-4H3,(H,83,84)(H,85,86)/b29-25-,32-28-,35-33-,36-34-/t71-,72-,73-/m1/s1. The van der Waals surface area contributed by atoms with E-state index in [2.05, 4.69) is 76.3 Å². The summed E-state index contributed by atoms with van der Waals surface area (Å²) in [6, 6.07) is 0. The van der Waals surface area contributed by atoms with E-state index in [0.29, 0.717) is 25.7 Å². The van der Waals surface area contributed by atoms with Gasteiger partial charge in [-0.15, -0.1) is 0 Å². The first-order valence-corrected chi connectivity index (χ1v) is 41.9. The highest BCUT2D eigenvalue weighted by Gasteiger charge is 2.30. The minimum Gasteiger partial charge on any atom is -0.462 e. The molecule has 0 aliphatic heterocycles. The van der Waals surface area contributed by atoms with Gasteiger partial charge in [0, 0.05) is 25.7 Å². The molecule has 0 saturated heterocycles. The highest BCUT2D eigenvalue weighted by molar-refractivity contribution is 7.47. The maximum Gasteiger partial charge on any atom is 0.472 e. The Balaban J connectivity index is 5.32. The molecule has 96 heavy (non-hydrogen) atoms. The van der Waals surface area contributed by atoms with E-state index in [1.165, 1.54) is 141 Å². The summed E-state index contributed by atoms with van der Waals surface area (Å²) < 4.78 is 68.5. The molecule has 562 valence electrons. The van der Waals surface area contributed by atoms with Gasteiger partial charge in [-0.3, -0.25) is 37.3 Å². The lowest BCUT2D eigenvalue weighted by molar-refractivity contribution is -0.161. The lowest BCUT2D eigenvalue weighted by Gasteiger charge is -2.21. The smallest absolute Gasteiger partial charge is 0.462 e. The molecule has 0 aromatic rings. The number of allylic oxidation sites excluding steroid dienone is 8. The van der Waals surface area contributed by atoms with Gasteiger partial charge in [0.2, 0.25) is 0 Å². The second-order valence-corrected chi connectivity index (χ2v) is 29.2. The van der Waals surface area contributed by atoms with E-state index >= 15 is 0 Å². The highest BCUT2D eigenvalue weighted by atomic mass is 31.2. The van der Waals surface area contributed by atoms with Crippen LogP contribution in [0, 0.1) is 0 Å². The second kappa shape index (κ2) is 70.5. The van der Waals surface area contributed by atoms with E-state index in [9.17, 15) is 43.2 Å². The van der Waals surface area contributed by atoms with Crippen molar-refractivity contribution in [2.75, 3.05) is 39.6 Å². The van der Waals surface area contributed by atoms with Gasteiger partial charge in [0.25, 0.3) is 0 Å². The Bertz CT molecular complexity index is 2010. The molecule has 0 fully saturated rings. The molecule has 0 aromatic carbocycles. The zero-order chi connectivity index (χ0) is 70.4. The van der Waals surface area contributed by atoms with Crippen LogP contribution in [-0.2, 0) is 65.4 Å². The van der Waals surface area contributed by atoms with Crippen molar-refractivity contribution in [3.63, 3.8) is 0 Å². The van der Waals surface area contributed by atoms with E-state index in [1.807, 2.05) is 0 Å². The summed E-state index contributed by atoms with van der Waals surface area (Å²) in [5.74, 6) is -2.18. The van der Waals surface area contributed by atoms with E-state index in [4.69, 9.17) is 37.0 Å². The number of carbonyl (C=O) groups excluding carboxylic acids is 4. The zero-order valence-electron chi connectivity index (χ0n) is 61.3. The van der Waals surface area contributed by atoms with Crippen molar-refractivity contribution in [2.45, 2.75) is 380 Å². The third-order valence-corrected chi connectivity index (χ3v) is 18.7. The predicted molar refractivity (Wildman–Crippen MR) is 390 cm³/mol. The van der Waals surface area contributed by atoms with Crippen molar-refractivity contribution in [2.24, 2.45) is 0 Å². The van der Waals surface area contributed by atoms with E-state index in [1.54, 1.807) is 0 Å². The van der Waals surface area contributed by atoms with Gasteiger partial charge < -0.3 is 33.8 Å². The number of unbranched alkanes of at least 4 members (excludes halogenated alkanes) is 41. The molecule has 0 aromatic heterocycles. The van der Waals surface area contributed by atoms with Gasteiger partial charge >= 0.3 is 39.5 Å². The van der Waals surface area contributed by atoms with Gasteiger partial charge in [-0.1, -0.05) is 282 Å². The summed E-state index contributed by atoms with van der Waals surface area (Å²) in [7, 11) is -9.94. The number of phosphoric acid groups is 2. The molecular weight excluding hydrogens is 1260 g/mol. The SMILES string of the molecule is CCCCCC/C=C\C=C/CCCCCCCC(=O)OC[C@H](COP(=O)(O)OC[C@@H](O)COP(=O)(O)OC[C@@H](COC(=O)CCCCCCC/C=C\CCCCCCCC)OC(=O)CCCCCCC/C=C\CCCCCC)OC(=O)CCCCCCCCCCCCCCC. The normalized spacial score (nSPS) is 14.2. The number of phosphoric ester groups is 2. The van der Waals surface area contributed by atoms with Crippen LogP contribution in [0.15, 0.2) is 48.6 Å². The number of aliphatic hydroxyl groups excluding tert-OH is 1. The Morgan fingerprint density at radius 2 is 0.510 bits per heavy atom. The van der Waals surface area contributed by atoms with Crippen molar-refractivity contribution in [1.29, 1.82) is 0 Å². The van der Waals surface area contributed by atoms with Crippen LogP contribution in [0.5, 0.6) is 0 Å². The van der Waals surface area contributed by atoms with Crippen molar-refractivity contribution < 1.29 is 80.2 Å². The summed E-state index contributed by atoms with van der Waals surface area (Å²) in [6.07, 6.45) is 66.6. The van der Waals surface area contributed by atoms with Gasteiger partial charge in [-0.25, -0.2) is 9.13 Å². The van der Waals surface area contributed by atoms with Crippen LogP contribution in [0.1, 0.15) is 362 Å². The fourth-order valence-corrected chi connectivity index (χ4v) is 12.4. The summed E-state index contributed by atoms with van der Waals surface area (Å²) in [6.45, 7) is 4.86. The van der Waals surface area contributed by atoms with Gasteiger partial charge in [0.1, 0.15) is 19.3 Å². The molecule has 0 radical (unpaired) electrons. The van der Waals surface area contributed by atoms with Gasteiger partial charge in [-0.05, 0) is 103 Å². The molecule has 0 amide bonds. The number of carbonyl (C=O) groups is 4. The molecule has 0 aliphatic carbocycles. The minimum absolute atomic E-state index is 0.0881. The van der Waals surface area contributed by atoms with Gasteiger partial charge in [0.15, 0.2) is 12.2 Å². The zero-order valence-corrected chi connectivity index (χ0v) is 63.1. The topological polar surface area (TPSA) is 237 Å². The summed E-state index contributed by atoms with van der Waals surface area (Å²) in [4.78, 5) is 72.8. The Labute approximate surface area is 585 Å². The third-order valence-electron chi connectivity index (χ3n) is 16.8. The molecule has 0 spiro atoms. The first-order valence-electron chi connectivity index (χ1n) is 38.9. The largest absolute Gasteiger partial charge is 0.472 e. The van der Waals surface area contributed by atoms with Gasteiger partial charge in [0.05, 0.1) is 26.4 Å². The molecule has 0 aliphatic rings.